The number of halogens is 2. The molecule has 0 heterocycles. The smallest absolute Gasteiger partial charge is 0.156 e. The van der Waals surface area contributed by atoms with E-state index in [4.69, 9.17) is 5.73 Å². The van der Waals surface area contributed by atoms with E-state index < -0.39 is 0 Å². The van der Waals surface area contributed by atoms with Crippen molar-refractivity contribution in [2.24, 2.45) is 10.7 Å². The van der Waals surface area contributed by atoms with E-state index in [2.05, 4.69) is 41.5 Å². The fourth-order valence-corrected chi connectivity index (χ4v) is 2.65. The van der Waals surface area contributed by atoms with Gasteiger partial charge < -0.3 is 11.1 Å². The van der Waals surface area contributed by atoms with Crippen molar-refractivity contribution in [3.63, 3.8) is 0 Å². The van der Waals surface area contributed by atoms with Crippen molar-refractivity contribution in [2.75, 3.05) is 18.8 Å². The fourth-order valence-electron chi connectivity index (χ4n) is 1.98. The first kappa shape index (κ1) is 25.2. The van der Waals surface area contributed by atoms with Crippen molar-refractivity contribution in [1.29, 1.82) is 0 Å². The molecule has 0 amide bonds. The predicted molar refractivity (Wildman–Crippen MR) is 116 cm³/mol. The van der Waals surface area contributed by atoms with E-state index in [9.17, 15) is 0 Å². The van der Waals surface area contributed by atoms with Gasteiger partial charge in [-0.25, -0.2) is 0 Å². The van der Waals surface area contributed by atoms with Crippen LogP contribution in [0.15, 0.2) is 35.3 Å². The standard InChI is InChI=1S/C17H29N3S.2BrH/c1-2-3-4-5-9-13-19-17(21-14-12-18)20-15-16-10-7-6-8-11-16;;/h6-8,10-11H,2-5,9,12-15,18H2,1H3,(H,19,20);2*1H. The summed E-state index contributed by atoms with van der Waals surface area (Å²) >= 11 is 1.72. The van der Waals surface area contributed by atoms with Crippen LogP contribution in [0, 0.1) is 0 Å². The molecule has 0 aromatic heterocycles. The molecule has 1 aromatic carbocycles. The number of amidine groups is 1. The van der Waals surface area contributed by atoms with Crippen LogP contribution in [0.4, 0.5) is 0 Å². The van der Waals surface area contributed by atoms with Crippen LogP contribution in [-0.4, -0.2) is 24.0 Å². The lowest BCUT2D eigenvalue weighted by Crippen LogP contribution is -2.23. The van der Waals surface area contributed by atoms with E-state index in [-0.39, 0.29) is 34.0 Å². The zero-order valence-corrected chi connectivity index (χ0v) is 18.2. The number of unbranched alkanes of at least 4 members (excludes halogenated alkanes) is 4. The van der Waals surface area contributed by atoms with E-state index in [0.29, 0.717) is 6.54 Å². The van der Waals surface area contributed by atoms with E-state index in [1.807, 2.05) is 6.07 Å². The fraction of sp³-hybridized carbons (Fsp3) is 0.588. The minimum Gasteiger partial charge on any atom is -0.365 e. The maximum atomic E-state index is 5.59. The second kappa shape index (κ2) is 18.3. The molecule has 0 radical (unpaired) electrons. The number of hydrogen-bond acceptors (Lipinski definition) is 3. The molecule has 0 fully saturated rings. The maximum absolute atomic E-state index is 5.59. The first-order valence-corrected chi connectivity index (χ1v) is 9.00. The Morgan fingerprint density at radius 2 is 1.78 bits per heavy atom. The van der Waals surface area contributed by atoms with Crippen LogP contribution >= 0.6 is 45.7 Å². The first-order valence-electron chi connectivity index (χ1n) is 8.02. The largest absolute Gasteiger partial charge is 0.365 e. The summed E-state index contributed by atoms with van der Waals surface area (Å²) in [5.41, 5.74) is 6.83. The molecular formula is C17H31Br2N3S. The SMILES string of the molecule is Br.Br.CCCCCCCNC(=NCc1ccccc1)SCCN. The van der Waals surface area contributed by atoms with Gasteiger partial charge in [0.05, 0.1) is 6.54 Å². The summed E-state index contributed by atoms with van der Waals surface area (Å²) in [4.78, 5) is 4.68. The van der Waals surface area contributed by atoms with Crippen molar-refractivity contribution >= 4 is 50.9 Å². The third-order valence-electron chi connectivity index (χ3n) is 3.16. The van der Waals surface area contributed by atoms with Gasteiger partial charge in [-0.15, -0.1) is 34.0 Å². The number of aliphatic imine (C=N–C) groups is 1. The average Bonchev–Trinajstić information content (AvgIpc) is 2.53. The van der Waals surface area contributed by atoms with Gasteiger partial charge in [-0.3, -0.25) is 4.99 Å². The molecule has 6 heteroatoms. The van der Waals surface area contributed by atoms with Crippen molar-refractivity contribution in [2.45, 2.75) is 45.6 Å². The molecule has 0 bridgehead atoms. The number of nitrogens with zero attached hydrogens (tertiary/aromatic N) is 1. The molecule has 0 saturated heterocycles. The Morgan fingerprint density at radius 3 is 2.43 bits per heavy atom. The van der Waals surface area contributed by atoms with Gasteiger partial charge in [0.1, 0.15) is 0 Å². The summed E-state index contributed by atoms with van der Waals surface area (Å²) in [5.74, 6) is 0.913. The molecule has 1 rings (SSSR count). The highest BCUT2D eigenvalue weighted by atomic mass is 79.9. The molecule has 0 spiro atoms. The van der Waals surface area contributed by atoms with E-state index in [1.165, 1.54) is 37.7 Å². The highest BCUT2D eigenvalue weighted by Gasteiger charge is 1.99. The molecule has 0 aliphatic heterocycles. The van der Waals surface area contributed by atoms with Crippen molar-refractivity contribution in [3.8, 4) is 0 Å². The minimum absolute atomic E-state index is 0. The summed E-state index contributed by atoms with van der Waals surface area (Å²) in [6.07, 6.45) is 6.49. The molecule has 3 nitrogen and oxygen atoms in total. The van der Waals surface area contributed by atoms with E-state index in [0.717, 1.165) is 24.0 Å². The van der Waals surface area contributed by atoms with Gasteiger partial charge >= 0.3 is 0 Å². The molecule has 0 atom stereocenters. The van der Waals surface area contributed by atoms with Crippen LogP contribution in [0.3, 0.4) is 0 Å². The lowest BCUT2D eigenvalue weighted by atomic mass is 10.1. The lowest BCUT2D eigenvalue weighted by molar-refractivity contribution is 0.625. The van der Waals surface area contributed by atoms with Crippen LogP contribution in [0.5, 0.6) is 0 Å². The van der Waals surface area contributed by atoms with Gasteiger partial charge in [0.15, 0.2) is 5.17 Å². The van der Waals surface area contributed by atoms with Gasteiger partial charge in [-0.1, -0.05) is 74.7 Å². The summed E-state index contributed by atoms with van der Waals surface area (Å²) in [5, 5.41) is 4.49. The van der Waals surface area contributed by atoms with Crippen molar-refractivity contribution in [1.82, 2.24) is 5.32 Å². The topological polar surface area (TPSA) is 50.4 Å². The summed E-state index contributed by atoms with van der Waals surface area (Å²) in [6.45, 7) is 4.68. The Morgan fingerprint density at radius 1 is 1.09 bits per heavy atom. The summed E-state index contributed by atoms with van der Waals surface area (Å²) in [6, 6.07) is 10.4. The van der Waals surface area contributed by atoms with Crippen LogP contribution in [0.1, 0.15) is 44.6 Å². The highest BCUT2D eigenvalue weighted by molar-refractivity contribution is 8.93. The van der Waals surface area contributed by atoms with Gasteiger partial charge in [0.25, 0.3) is 0 Å². The highest BCUT2D eigenvalue weighted by Crippen LogP contribution is 2.06. The second-order valence-electron chi connectivity index (χ2n) is 5.09. The monoisotopic (exact) mass is 467 g/mol. The van der Waals surface area contributed by atoms with Crippen LogP contribution < -0.4 is 11.1 Å². The van der Waals surface area contributed by atoms with Gasteiger partial charge in [0, 0.05) is 18.8 Å². The average molecular weight is 469 g/mol. The number of nitrogens with two attached hydrogens (primary N) is 1. The Labute approximate surface area is 166 Å². The van der Waals surface area contributed by atoms with Crippen LogP contribution in [0.25, 0.3) is 0 Å². The third kappa shape index (κ3) is 14.0. The molecule has 3 N–H and O–H groups in total. The summed E-state index contributed by atoms with van der Waals surface area (Å²) < 4.78 is 0. The lowest BCUT2D eigenvalue weighted by Gasteiger charge is -2.09. The van der Waals surface area contributed by atoms with Crippen molar-refractivity contribution in [3.05, 3.63) is 35.9 Å². The minimum atomic E-state index is 0. The van der Waals surface area contributed by atoms with Gasteiger partial charge in [-0.2, -0.15) is 0 Å². The Bertz CT molecular complexity index is 389. The Hall–Kier alpha value is -0.0400. The number of hydrogen-bond donors (Lipinski definition) is 2. The molecule has 0 unspecified atom stereocenters. The van der Waals surface area contributed by atoms with Gasteiger partial charge in [0.2, 0.25) is 0 Å². The number of rotatable bonds is 10. The quantitative estimate of drug-likeness (QED) is 0.290. The number of benzene rings is 1. The number of nitrogens with one attached hydrogen (secondary N) is 1. The molecule has 0 aliphatic carbocycles. The normalized spacial score (nSPS) is 10.6. The summed E-state index contributed by atoms with van der Waals surface area (Å²) in [7, 11) is 0. The zero-order valence-electron chi connectivity index (χ0n) is 14.0. The molecule has 0 aliphatic rings. The molecule has 23 heavy (non-hydrogen) atoms. The Balaban J connectivity index is 0. The predicted octanol–water partition coefficient (Wildman–Crippen LogP) is 4.95. The second-order valence-corrected chi connectivity index (χ2v) is 6.17. The number of thioether (sulfide) groups is 1. The molecule has 0 saturated carbocycles. The van der Waals surface area contributed by atoms with E-state index >= 15 is 0 Å². The van der Waals surface area contributed by atoms with Crippen LogP contribution in [-0.2, 0) is 6.54 Å². The molecular weight excluding hydrogens is 438 g/mol. The molecule has 1 aromatic rings. The zero-order chi connectivity index (χ0) is 15.2. The van der Waals surface area contributed by atoms with Crippen LogP contribution in [0.2, 0.25) is 0 Å². The third-order valence-corrected chi connectivity index (χ3v) is 4.15. The van der Waals surface area contributed by atoms with E-state index in [1.54, 1.807) is 11.8 Å². The Kier molecular flexibility index (Phi) is 20.1. The maximum Gasteiger partial charge on any atom is 0.156 e. The first-order chi connectivity index (χ1) is 10.4. The van der Waals surface area contributed by atoms with Crippen molar-refractivity contribution < 1.29 is 0 Å². The molecule has 134 valence electrons. The van der Waals surface area contributed by atoms with Gasteiger partial charge in [-0.05, 0) is 12.0 Å².